The Bertz CT molecular complexity index is 545. The summed E-state index contributed by atoms with van der Waals surface area (Å²) in [6.45, 7) is 0.463. The van der Waals surface area contributed by atoms with E-state index in [0.717, 1.165) is 18.2 Å². The van der Waals surface area contributed by atoms with Gasteiger partial charge in [0.05, 0.1) is 10.5 Å². The molecule has 0 saturated carbocycles. The van der Waals surface area contributed by atoms with Gasteiger partial charge < -0.3 is 10.8 Å². The van der Waals surface area contributed by atoms with Crippen LogP contribution >= 0.6 is 0 Å². The van der Waals surface area contributed by atoms with Crippen LogP contribution in [0.15, 0.2) is 23.1 Å². The highest BCUT2D eigenvalue weighted by atomic mass is 32.2. The topological polar surface area (TPSA) is 109 Å². The van der Waals surface area contributed by atoms with Crippen molar-refractivity contribution in [1.29, 1.82) is 0 Å². The Morgan fingerprint density at radius 1 is 1.44 bits per heavy atom. The molecule has 0 fully saturated rings. The minimum absolute atomic E-state index is 0.138. The lowest BCUT2D eigenvalue weighted by Gasteiger charge is -2.07. The molecule has 0 bridgehead atoms. The number of carboxylic acids is 1. The maximum atomic E-state index is 13.1. The van der Waals surface area contributed by atoms with Crippen LogP contribution in [-0.2, 0) is 10.0 Å². The van der Waals surface area contributed by atoms with Crippen LogP contribution in [0.4, 0.5) is 4.39 Å². The molecule has 0 atom stereocenters. The SMILES string of the molecule is NCCCNS(=O)(=O)c1ccc(F)c(C(=O)O)c1. The molecule has 0 spiro atoms. The van der Waals surface area contributed by atoms with Crippen LogP contribution < -0.4 is 10.5 Å². The predicted octanol–water partition coefficient (Wildman–Crippen LogP) is 0.151. The molecule has 18 heavy (non-hydrogen) atoms. The molecule has 1 aromatic carbocycles. The second-order valence-corrected chi connectivity index (χ2v) is 5.25. The average molecular weight is 276 g/mol. The number of carboxylic acid groups (broad SMARTS) is 1. The number of hydrogen-bond donors (Lipinski definition) is 3. The summed E-state index contributed by atoms with van der Waals surface area (Å²) < 4.78 is 38.8. The smallest absolute Gasteiger partial charge is 0.338 e. The quantitative estimate of drug-likeness (QED) is 0.641. The van der Waals surface area contributed by atoms with Crippen molar-refractivity contribution in [1.82, 2.24) is 4.72 Å². The predicted molar refractivity (Wildman–Crippen MR) is 62.2 cm³/mol. The molecule has 0 aliphatic heterocycles. The zero-order valence-electron chi connectivity index (χ0n) is 9.39. The van der Waals surface area contributed by atoms with E-state index in [1.807, 2.05) is 0 Å². The van der Waals surface area contributed by atoms with Gasteiger partial charge in [-0.1, -0.05) is 0 Å². The Hall–Kier alpha value is -1.51. The molecular formula is C10H13FN2O4S. The molecule has 0 heterocycles. The Labute approximate surface area is 104 Å². The molecule has 0 aliphatic rings. The summed E-state index contributed by atoms with van der Waals surface area (Å²) in [5, 5.41) is 8.70. The first-order valence-corrected chi connectivity index (χ1v) is 6.59. The summed E-state index contributed by atoms with van der Waals surface area (Å²) in [4.78, 5) is 10.4. The number of benzene rings is 1. The van der Waals surface area contributed by atoms with Crippen LogP contribution in [0.5, 0.6) is 0 Å². The second kappa shape index (κ2) is 5.89. The van der Waals surface area contributed by atoms with Crippen molar-refractivity contribution in [2.75, 3.05) is 13.1 Å². The number of aromatic carboxylic acids is 1. The number of carbonyl (C=O) groups is 1. The molecule has 100 valence electrons. The van der Waals surface area contributed by atoms with E-state index in [2.05, 4.69) is 4.72 Å². The fourth-order valence-electron chi connectivity index (χ4n) is 1.23. The first kappa shape index (κ1) is 14.6. The molecule has 8 heteroatoms. The van der Waals surface area contributed by atoms with Gasteiger partial charge in [-0.15, -0.1) is 0 Å². The van der Waals surface area contributed by atoms with Crippen molar-refractivity contribution in [2.45, 2.75) is 11.3 Å². The molecule has 0 aliphatic carbocycles. The first-order chi connectivity index (χ1) is 8.38. The van der Waals surface area contributed by atoms with Crippen LogP contribution in [0.2, 0.25) is 0 Å². The normalized spacial score (nSPS) is 11.4. The van der Waals surface area contributed by atoms with Crippen LogP contribution in [-0.4, -0.2) is 32.6 Å². The Morgan fingerprint density at radius 3 is 2.67 bits per heavy atom. The monoisotopic (exact) mass is 276 g/mol. The molecule has 0 aromatic heterocycles. The molecule has 4 N–H and O–H groups in total. The van der Waals surface area contributed by atoms with E-state index in [-0.39, 0.29) is 11.4 Å². The summed E-state index contributed by atoms with van der Waals surface area (Å²) in [6.07, 6.45) is 0.451. The van der Waals surface area contributed by atoms with Crippen LogP contribution in [0.25, 0.3) is 0 Å². The van der Waals surface area contributed by atoms with Gasteiger partial charge in [0.15, 0.2) is 0 Å². The summed E-state index contributed by atoms with van der Waals surface area (Å²) in [5.74, 6) is -2.50. The Balaban J connectivity index is 3.02. The largest absolute Gasteiger partial charge is 0.478 e. The van der Waals surface area contributed by atoms with Crippen LogP contribution in [0, 0.1) is 5.82 Å². The van der Waals surface area contributed by atoms with E-state index in [1.165, 1.54) is 0 Å². The lowest BCUT2D eigenvalue weighted by Crippen LogP contribution is -2.26. The number of nitrogens with two attached hydrogens (primary N) is 1. The lowest BCUT2D eigenvalue weighted by molar-refractivity contribution is 0.0691. The summed E-state index contributed by atoms with van der Waals surface area (Å²) in [6, 6.07) is 2.59. The van der Waals surface area contributed by atoms with Crippen molar-refractivity contribution in [3.05, 3.63) is 29.6 Å². The van der Waals surface area contributed by atoms with E-state index in [0.29, 0.717) is 13.0 Å². The van der Waals surface area contributed by atoms with E-state index in [9.17, 15) is 17.6 Å². The highest BCUT2D eigenvalue weighted by Gasteiger charge is 2.18. The van der Waals surface area contributed by atoms with Gasteiger partial charge >= 0.3 is 5.97 Å². The molecule has 0 amide bonds. The number of nitrogens with one attached hydrogen (secondary N) is 1. The third-order valence-electron chi connectivity index (χ3n) is 2.15. The van der Waals surface area contributed by atoms with Crippen molar-refractivity contribution < 1.29 is 22.7 Å². The molecule has 1 aromatic rings. The summed E-state index contributed by atoms with van der Waals surface area (Å²) >= 11 is 0. The fraction of sp³-hybridized carbons (Fsp3) is 0.300. The molecule has 0 saturated heterocycles. The zero-order valence-corrected chi connectivity index (χ0v) is 10.2. The molecule has 0 radical (unpaired) electrons. The van der Waals surface area contributed by atoms with Gasteiger partial charge in [0.25, 0.3) is 0 Å². The van der Waals surface area contributed by atoms with Gasteiger partial charge in [0, 0.05) is 6.54 Å². The highest BCUT2D eigenvalue weighted by molar-refractivity contribution is 7.89. The number of rotatable bonds is 6. The summed E-state index contributed by atoms with van der Waals surface area (Å²) in [5.41, 5.74) is 4.53. The number of sulfonamides is 1. The lowest BCUT2D eigenvalue weighted by atomic mass is 10.2. The van der Waals surface area contributed by atoms with Gasteiger partial charge in [-0.2, -0.15) is 0 Å². The van der Waals surface area contributed by atoms with Crippen molar-refractivity contribution in [2.24, 2.45) is 5.73 Å². The van der Waals surface area contributed by atoms with Gasteiger partial charge in [-0.3, -0.25) is 0 Å². The van der Waals surface area contributed by atoms with Crippen LogP contribution in [0.3, 0.4) is 0 Å². The van der Waals surface area contributed by atoms with Gasteiger partial charge in [0.1, 0.15) is 5.82 Å². The third-order valence-corrected chi connectivity index (χ3v) is 3.61. The second-order valence-electron chi connectivity index (χ2n) is 3.49. The standard InChI is InChI=1S/C10H13FN2O4S/c11-9-3-2-7(6-8(9)10(14)15)18(16,17)13-5-1-4-12/h2-3,6,13H,1,4-5,12H2,(H,14,15). The number of halogens is 1. The highest BCUT2D eigenvalue weighted by Crippen LogP contribution is 2.15. The third kappa shape index (κ3) is 3.49. The zero-order chi connectivity index (χ0) is 13.8. The maximum absolute atomic E-state index is 13.1. The fourth-order valence-corrected chi connectivity index (χ4v) is 2.33. The van der Waals surface area contributed by atoms with Crippen LogP contribution in [0.1, 0.15) is 16.8 Å². The average Bonchev–Trinajstić information content (AvgIpc) is 2.29. The van der Waals surface area contributed by atoms with E-state index in [1.54, 1.807) is 0 Å². The Kier molecular flexibility index (Phi) is 4.76. The minimum atomic E-state index is -3.84. The van der Waals surface area contributed by atoms with E-state index in [4.69, 9.17) is 10.8 Å². The molecule has 0 unspecified atom stereocenters. The van der Waals surface area contributed by atoms with Gasteiger partial charge in [0.2, 0.25) is 10.0 Å². The van der Waals surface area contributed by atoms with Crippen molar-refractivity contribution in [3.63, 3.8) is 0 Å². The van der Waals surface area contributed by atoms with Gasteiger partial charge in [-0.05, 0) is 31.2 Å². The van der Waals surface area contributed by atoms with Crippen molar-refractivity contribution in [3.8, 4) is 0 Å². The van der Waals surface area contributed by atoms with E-state index >= 15 is 0 Å². The number of hydrogen-bond acceptors (Lipinski definition) is 4. The molecule has 6 nitrogen and oxygen atoms in total. The van der Waals surface area contributed by atoms with Crippen molar-refractivity contribution >= 4 is 16.0 Å². The Morgan fingerprint density at radius 2 is 2.11 bits per heavy atom. The summed E-state index contributed by atoms with van der Waals surface area (Å²) in [7, 11) is -3.84. The van der Waals surface area contributed by atoms with Gasteiger partial charge in [-0.25, -0.2) is 22.3 Å². The maximum Gasteiger partial charge on any atom is 0.338 e. The first-order valence-electron chi connectivity index (χ1n) is 5.11. The minimum Gasteiger partial charge on any atom is -0.478 e. The molecule has 1 rings (SSSR count). The van der Waals surface area contributed by atoms with E-state index < -0.39 is 27.4 Å². The molecular weight excluding hydrogens is 263 g/mol.